The molecule has 0 radical (unpaired) electrons. The van der Waals surface area contributed by atoms with Gasteiger partial charge in [-0.25, -0.2) is 0 Å². The molecule has 152 valence electrons. The molecular formula is C25H52. The van der Waals surface area contributed by atoms with Gasteiger partial charge in [-0.15, -0.1) is 0 Å². The normalized spacial score (nSPS) is 12.6. The van der Waals surface area contributed by atoms with E-state index in [2.05, 4.69) is 20.8 Å². The zero-order valence-electron chi connectivity index (χ0n) is 18.4. The predicted octanol–water partition coefficient (Wildman–Crippen LogP) is 9.85. The molecule has 0 aromatic carbocycles. The average molecular weight is 353 g/mol. The summed E-state index contributed by atoms with van der Waals surface area (Å²) in [5.74, 6) is 1.02. The quantitative estimate of drug-likeness (QED) is 0.180. The zero-order chi connectivity index (χ0) is 18.4. The number of rotatable bonds is 21. The van der Waals surface area contributed by atoms with Gasteiger partial charge in [0.1, 0.15) is 0 Å². The fourth-order valence-electron chi connectivity index (χ4n) is 4.04. The van der Waals surface area contributed by atoms with Crippen molar-refractivity contribution in [2.75, 3.05) is 0 Å². The van der Waals surface area contributed by atoms with Crippen LogP contribution in [0.25, 0.3) is 0 Å². The van der Waals surface area contributed by atoms with Gasteiger partial charge in [0.2, 0.25) is 0 Å². The third-order valence-electron chi connectivity index (χ3n) is 6.01. The molecule has 25 heavy (non-hydrogen) atoms. The van der Waals surface area contributed by atoms with E-state index in [4.69, 9.17) is 0 Å². The van der Waals surface area contributed by atoms with Crippen molar-refractivity contribution in [1.29, 1.82) is 0 Å². The van der Waals surface area contributed by atoms with Crippen molar-refractivity contribution in [3.8, 4) is 0 Å². The molecule has 0 rings (SSSR count). The number of unbranched alkanes of at least 4 members (excludes halogenated alkanes) is 16. The Labute approximate surface area is 161 Å². The van der Waals surface area contributed by atoms with Crippen LogP contribution in [0.5, 0.6) is 0 Å². The molecule has 0 aromatic rings. The highest BCUT2D eigenvalue weighted by Gasteiger charge is 2.05. The Morgan fingerprint density at radius 1 is 0.360 bits per heavy atom. The van der Waals surface area contributed by atoms with E-state index < -0.39 is 0 Å². The summed E-state index contributed by atoms with van der Waals surface area (Å²) in [5.41, 5.74) is 0. The Bertz CT molecular complexity index is 220. The van der Waals surface area contributed by atoms with E-state index in [1.54, 1.807) is 0 Å². The fraction of sp³-hybridized carbons (Fsp3) is 1.00. The number of hydrogen-bond donors (Lipinski definition) is 0. The first-order chi connectivity index (χ1) is 12.3. The molecule has 0 aliphatic heterocycles. The van der Waals surface area contributed by atoms with Gasteiger partial charge in [-0.05, 0) is 5.92 Å². The molecule has 1 unspecified atom stereocenters. The van der Waals surface area contributed by atoms with Crippen LogP contribution in [0.2, 0.25) is 0 Å². The monoisotopic (exact) mass is 352 g/mol. The lowest BCUT2D eigenvalue weighted by molar-refractivity contribution is 0.392. The SMILES string of the molecule is CCCCCCCCCCCCCC(CC)CCCCCCCCC. The van der Waals surface area contributed by atoms with Gasteiger partial charge in [0.25, 0.3) is 0 Å². The second kappa shape index (κ2) is 22.0. The van der Waals surface area contributed by atoms with Crippen molar-refractivity contribution in [2.45, 2.75) is 156 Å². The van der Waals surface area contributed by atoms with E-state index >= 15 is 0 Å². The lowest BCUT2D eigenvalue weighted by atomic mass is 9.92. The Morgan fingerprint density at radius 2 is 0.640 bits per heavy atom. The third kappa shape index (κ3) is 20.2. The van der Waals surface area contributed by atoms with Gasteiger partial charge in [0, 0.05) is 0 Å². The topological polar surface area (TPSA) is 0 Å². The second-order valence-corrected chi connectivity index (χ2v) is 8.51. The molecule has 0 N–H and O–H groups in total. The molecular weight excluding hydrogens is 300 g/mol. The van der Waals surface area contributed by atoms with Crippen LogP contribution in [-0.2, 0) is 0 Å². The molecule has 0 heterocycles. The second-order valence-electron chi connectivity index (χ2n) is 8.51. The molecule has 0 fully saturated rings. The Kier molecular flexibility index (Phi) is 22.0. The van der Waals surface area contributed by atoms with E-state index in [0.717, 1.165) is 5.92 Å². The van der Waals surface area contributed by atoms with Crippen molar-refractivity contribution in [3.05, 3.63) is 0 Å². The molecule has 0 spiro atoms. The summed E-state index contributed by atoms with van der Waals surface area (Å²) in [7, 11) is 0. The summed E-state index contributed by atoms with van der Waals surface area (Å²) >= 11 is 0. The van der Waals surface area contributed by atoms with Crippen LogP contribution in [0.1, 0.15) is 156 Å². The first kappa shape index (κ1) is 25.0. The summed E-state index contributed by atoms with van der Waals surface area (Å²) in [6.07, 6.45) is 30.8. The van der Waals surface area contributed by atoms with Crippen LogP contribution >= 0.6 is 0 Å². The van der Waals surface area contributed by atoms with Gasteiger partial charge >= 0.3 is 0 Å². The van der Waals surface area contributed by atoms with Crippen molar-refractivity contribution in [1.82, 2.24) is 0 Å². The Hall–Kier alpha value is 0. The Balaban J connectivity index is 3.26. The first-order valence-electron chi connectivity index (χ1n) is 12.3. The summed E-state index contributed by atoms with van der Waals surface area (Å²) in [6.45, 7) is 7.02. The standard InChI is InChI=1S/C25H52/c1-4-7-9-11-13-14-15-16-18-20-22-24-25(6-3)23-21-19-17-12-10-8-5-2/h25H,4-24H2,1-3H3. The van der Waals surface area contributed by atoms with Gasteiger partial charge in [0.05, 0.1) is 0 Å². The molecule has 0 aromatic heterocycles. The predicted molar refractivity (Wildman–Crippen MR) is 117 cm³/mol. The van der Waals surface area contributed by atoms with Crippen molar-refractivity contribution < 1.29 is 0 Å². The van der Waals surface area contributed by atoms with Crippen LogP contribution in [0.4, 0.5) is 0 Å². The van der Waals surface area contributed by atoms with Crippen LogP contribution in [0, 0.1) is 5.92 Å². The maximum atomic E-state index is 2.41. The van der Waals surface area contributed by atoms with Gasteiger partial charge in [-0.2, -0.15) is 0 Å². The molecule has 0 heteroatoms. The van der Waals surface area contributed by atoms with Gasteiger partial charge < -0.3 is 0 Å². The minimum absolute atomic E-state index is 1.02. The maximum Gasteiger partial charge on any atom is -0.0417 e. The minimum atomic E-state index is 1.02. The third-order valence-corrected chi connectivity index (χ3v) is 6.01. The van der Waals surface area contributed by atoms with E-state index in [1.807, 2.05) is 0 Å². The van der Waals surface area contributed by atoms with Crippen LogP contribution in [0.15, 0.2) is 0 Å². The largest absolute Gasteiger partial charge is 0.0654 e. The van der Waals surface area contributed by atoms with Crippen LogP contribution in [0.3, 0.4) is 0 Å². The maximum absolute atomic E-state index is 2.41. The highest BCUT2D eigenvalue weighted by Crippen LogP contribution is 2.22. The summed E-state index contributed by atoms with van der Waals surface area (Å²) < 4.78 is 0. The van der Waals surface area contributed by atoms with Crippen molar-refractivity contribution in [3.63, 3.8) is 0 Å². The van der Waals surface area contributed by atoms with Gasteiger partial charge in [-0.1, -0.05) is 156 Å². The van der Waals surface area contributed by atoms with E-state index in [-0.39, 0.29) is 0 Å². The average Bonchev–Trinajstić information content (AvgIpc) is 2.63. The van der Waals surface area contributed by atoms with Crippen LogP contribution < -0.4 is 0 Å². The molecule has 0 aliphatic carbocycles. The summed E-state index contributed by atoms with van der Waals surface area (Å²) in [5, 5.41) is 0. The Morgan fingerprint density at radius 3 is 0.920 bits per heavy atom. The fourth-order valence-corrected chi connectivity index (χ4v) is 4.04. The summed E-state index contributed by atoms with van der Waals surface area (Å²) in [6, 6.07) is 0. The molecule has 0 aliphatic rings. The van der Waals surface area contributed by atoms with E-state index in [1.165, 1.54) is 135 Å². The molecule has 1 atom stereocenters. The summed E-state index contributed by atoms with van der Waals surface area (Å²) in [4.78, 5) is 0. The first-order valence-corrected chi connectivity index (χ1v) is 12.3. The van der Waals surface area contributed by atoms with Crippen molar-refractivity contribution in [2.24, 2.45) is 5.92 Å². The number of hydrogen-bond acceptors (Lipinski definition) is 0. The molecule has 0 bridgehead atoms. The zero-order valence-corrected chi connectivity index (χ0v) is 18.4. The molecule has 0 nitrogen and oxygen atoms in total. The highest BCUT2D eigenvalue weighted by atomic mass is 14.1. The van der Waals surface area contributed by atoms with Gasteiger partial charge in [-0.3, -0.25) is 0 Å². The van der Waals surface area contributed by atoms with E-state index in [9.17, 15) is 0 Å². The van der Waals surface area contributed by atoms with Crippen molar-refractivity contribution >= 4 is 0 Å². The van der Waals surface area contributed by atoms with E-state index in [0.29, 0.717) is 0 Å². The minimum Gasteiger partial charge on any atom is -0.0654 e. The van der Waals surface area contributed by atoms with Gasteiger partial charge in [0.15, 0.2) is 0 Å². The molecule has 0 amide bonds. The smallest absolute Gasteiger partial charge is 0.0417 e. The highest BCUT2D eigenvalue weighted by molar-refractivity contribution is 4.59. The molecule has 0 saturated carbocycles. The molecule has 0 saturated heterocycles. The lowest BCUT2D eigenvalue weighted by Crippen LogP contribution is -1.99. The lowest BCUT2D eigenvalue weighted by Gasteiger charge is -2.14. The van der Waals surface area contributed by atoms with Crippen LogP contribution in [-0.4, -0.2) is 0 Å².